The van der Waals surface area contributed by atoms with Crippen molar-refractivity contribution < 1.29 is 9.53 Å². The fourth-order valence-electron chi connectivity index (χ4n) is 5.42. The molecular formula is C24H36N6O2. The Balaban J connectivity index is 1.51. The van der Waals surface area contributed by atoms with Crippen LogP contribution in [0.2, 0.25) is 0 Å². The maximum absolute atomic E-state index is 12.8. The number of anilines is 1. The van der Waals surface area contributed by atoms with Crippen LogP contribution in [0.1, 0.15) is 46.1 Å². The zero-order valence-corrected chi connectivity index (χ0v) is 19.5. The van der Waals surface area contributed by atoms with Crippen LogP contribution in [-0.2, 0) is 15.1 Å². The largest absolute Gasteiger partial charge is 0.380 e. The predicted molar refractivity (Wildman–Crippen MR) is 123 cm³/mol. The molecule has 3 aliphatic rings. The lowest BCUT2D eigenvalue weighted by molar-refractivity contribution is -0.128. The number of ether oxygens (including phenoxy) is 1. The number of hydrazine groups is 1. The molecule has 0 spiro atoms. The van der Waals surface area contributed by atoms with Crippen LogP contribution in [0.5, 0.6) is 0 Å². The molecule has 3 heterocycles. The summed E-state index contributed by atoms with van der Waals surface area (Å²) in [4.78, 5) is 12.8. The summed E-state index contributed by atoms with van der Waals surface area (Å²) in [6.45, 7) is 10.4. The van der Waals surface area contributed by atoms with Gasteiger partial charge in [0.15, 0.2) is 0 Å². The number of carbonyl (C=O) groups excluding carboxylic acids is 1. The molecule has 0 aliphatic carbocycles. The normalized spacial score (nSPS) is 31.1. The second-order valence-corrected chi connectivity index (χ2v) is 10.00. The van der Waals surface area contributed by atoms with Gasteiger partial charge in [-0.25, -0.2) is 10.4 Å². The first-order valence-electron chi connectivity index (χ1n) is 11.7. The molecule has 0 bridgehead atoms. The Kier molecular flexibility index (Phi) is 6.72. The third kappa shape index (κ3) is 4.62. The van der Waals surface area contributed by atoms with E-state index in [-0.39, 0.29) is 41.5 Å². The fraction of sp³-hybridized carbons (Fsp3) is 0.667. The topological polar surface area (TPSA) is 101 Å². The van der Waals surface area contributed by atoms with Gasteiger partial charge in [0.05, 0.1) is 30.6 Å². The van der Waals surface area contributed by atoms with Gasteiger partial charge in [0.1, 0.15) is 6.17 Å². The van der Waals surface area contributed by atoms with E-state index in [1.165, 1.54) is 5.56 Å². The summed E-state index contributed by atoms with van der Waals surface area (Å²) in [7, 11) is 0. The van der Waals surface area contributed by atoms with E-state index in [1.807, 2.05) is 0 Å². The van der Waals surface area contributed by atoms with Gasteiger partial charge in [-0.05, 0) is 44.4 Å². The number of rotatable bonds is 6. The zero-order valence-electron chi connectivity index (χ0n) is 19.5. The monoisotopic (exact) mass is 440 g/mol. The molecule has 0 radical (unpaired) electrons. The quantitative estimate of drug-likeness (QED) is 0.536. The van der Waals surface area contributed by atoms with Crippen LogP contribution in [0, 0.1) is 23.2 Å². The molecule has 8 heteroatoms. The molecule has 3 saturated heterocycles. The van der Waals surface area contributed by atoms with Crippen molar-refractivity contribution in [2.24, 2.45) is 11.8 Å². The molecule has 3 unspecified atom stereocenters. The SMILES string of the molecule is CC(C)NC(C)(C)c1ccc(NC2NN([C@H]3COCC[C@@H]3C#N)C3CCNC(=O)C23)cc1. The first-order chi connectivity index (χ1) is 15.3. The Morgan fingerprint density at radius 3 is 2.66 bits per heavy atom. The van der Waals surface area contributed by atoms with E-state index in [0.717, 1.165) is 18.5 Å². The van der Waals surface area contributed by atoms with Crippen LogP contribution in [0.15, 0.2) is 24.3 Å². The van der Waals surface area contributed by atoms with Crippen molar-refractivity contribution in [2.75, 3.05) is 25.1 Å². The van der Waals surface area contributed by atoms with E-state index in [0.29, 0.717) is 25.8 Å². The van der Waals surface area contributed by atoms with E-state index in [2.05, 4.69) is 84.4 Å². The van der Waals surface area contributed by atoms with Gasteiger partial charge in [0.25, 0.3) is 0 Å². The van der Waals surface area contributed by atoms with Gasteiger partial charge in [-0.1, -0.05) is 26.0 Å². The standard InChI is InChI=1S/C24H36N6O2/c1-15(2)28-24(3,4)17-5-7-18(8-6-17)27-22-21-19(9-11-26-23(21)31)30(29-22)20-14-32-12-10-16(20)13-25/h5-8,15-16,19-22,27-29H,9-12,14H2,1-4H3,(H,26,31)/t16-,19?,20+,21?,22?/m1/s1. The van der Waals surface area contributed by atoms with E-state index in [4.69, 9.17) is 4.74 Å². The number of fused-ring (bicyclic) bond motifs is 1. The molecule has 3 fully saturated rings. The lowest BCUT2D eigenvalue weighted by Crippen LogP contribution is -2.56. The smallest absolute Gasteiger partial charge is 0.228 e. The van der Waals surface area contributed by atoms with Crippen molar-refractivity contribution in [2.45, 2.75) is 70.4 Å². The molecule has 4 N–H and O–H groups in total. The summed E-state index contributed by atoms with van der Waals surface area (Å²) in [5.41, 5.74) is 5.58. The number of hydrogen-bond donors (Lipinski definition) is 4. The predicted octanol–water partition coefficient (Wildman–Crippen LogP) is 1.91. The molecule has 0 aromatic heterocycles. The maximum Gasteiger partial charge on any atom is 0.228 e. The average Bonchev–Trinajstić information content (AvgIpc) is 3.12. The van der Waals surface area contributed by atoms with Crippen LogP contribution in [-0.4, -0.2) is 55.0 Å². The van der Waals surface area contributed by atoms with Crippen LogP contribution >= 0.6 is 0 Å². The number of nitrogens with one attached hydrogen (secondary N) is 4. The molecule has 3 aliphatic heterocycles. The molecule has 4 rings (SSSR count). The van der Waals surface area contributed by atoms with Crippen LogP contribution in [0.25, 0.3) is 0 Å². The van der Waals surface area contributed by atoms with E-state index in [1.54, 1.807) is 0 Å². The Morgan fingerprint density at radius 1 is 1.22 bits per heavy atom. The highest BCUT2D eigenvalue weighted by Crippen LogP contribution is 2.34. The van der Waals surface area contributed by atoms with Gasteiger partial charge < -0.3 is 20.7 Å². The van der Waals surface area contributed by atoms with Gasteiger partial charge in [-0.15, -0.1) is 0 Å². The lowest BCUT2D eigenvalue weighted by Gasteiger charge is -2.39. The first-order valence-corrected chi connectivity index (χ1v) is 11.7. The summed E-state index contributed by atoms with van der Waals surface area (Å²) in [6, 6.07) is 11.2. The van der Waals surface area contributed by atoms with Gasteiger partial charge in [-0.2, -0.15) is 5.26 Å². The van der Waals surface area contributed by atoms with Crippen molar-refractivity contribution in [3.8, 4) is 6.07 Å². The highest BCUT2D eigenvalue weighted by Gasteiger charge is 2.51. The second-order valence-electron chi connectivity index (χ2n) is 10.00. The van der Waals surface area contributed by atoms with Crippen molar-refractivity contribution >= 4 is 11.6 Å². The van der Waals surface area contributed by atoms with Gasteiger partial charge >= 0.3 is 0 Å². The number of amides is 1. The molecule has 174 valence electrons. The summed E-state index contributed by atoms with van der Waals surface area (Å²) in [6.07, 6.45) is 1.33. The molecule has 5 atom stereocenters. The van der Waals surface area contributed by atoms with Crippen molar-refractivity contribution in [1.82, 2.24) is 21.1 Å². The van der Waals surface area contributed by atoms with E-state index in [9.17, 15) is 10.1 Å². The van der Waals surface area contributed by atoms with Gasteiger partial charge in [-0.3, -0.25) is 4.79 Å². The highest BCUT2D eigenvalue weighted by atomic mass is 16.5. The number of piperidine rings is 1. The second kappa shape index (κ2) is 9.36. The fourth-order valence-corrected chi connectivity index (χ4v) is 5.42. The number of benzene rings is 1. The van der Waals surface area contributed by atoms with Crippen LogP contribution < -0.4 is 21.4 Å². The van der Waals surface area contributed by atoms with Gasteiger partial charge in [0, 0.05) is 36.5 Å². The molecule has 1 aromatic carbocycles. The minimum Gasteiger partial charge on any atom is -0.380 e. The molecular weight excluding hydrogens is 404 g/mol. The Hall–Kier alpha value is -2.18. The lowest BCUT2D eigenvalue weighted by atomic mass is 9.88. The van der Waals surface area contributed by atoms with Crippen molar-refractivity contribution in [1.29, 1.82) is 5.26 Å². The molecule has 32 heavy (non-hydrogen) atoms. The summed E-state index contributed by atoms with van der Waals surface area (Å²) in [5.74, 6) is -0.280. The first kappa shape index (κ1) is 23.0. The Bertz CT molecular complexity index is 849. The summed E-state index contributed by atoms with van der Waals surface area (Å²) < 4.78 is 5.70. The molecule has 1 amide bonds. The summed E-state index contributed by atoms with van der Waals surface area (Å²) in [5, 5.41) is 21.9. The maximum atomic E-state index is 12.8. The Labute approximate surface area is 191 Å². The minimum atomic E-state index is -0.241. The number of nitriles is 1. The molecule has 0 saturated carbocycles. The summed E-state index contributed by atoms with van der Waals surface area (Å²) >= 11 is 0. The number of nitrogens with zero attached hydrogens (tertiary/aromatic N) is 2. The molecule has 8 nitrogen and oxygen atoms in total. The minimum absolute atomic E-state index is 0.0391. The molecule has 1 aromatic rings. The third-order valence-corrected chi connectivity index (χ3v) is 6.89. The van der Waals surface area contributed by atoms with E-state index >= 15 is 0 Å². The van der Waals surface area contributed by atoms with Crippen LogP contribution in [0.3, 0.4) is 0 Å². The average molecular weight is 441 g/mol. The third-order valence-electron chi connectivity index (χ3n) is 6.89. The van der Waals surface area contributed by atoms with E-state index < -0.39 is 0 Å². The van der Waals surface area contributed by atoms with Crippen molar-refractivity contribution in [3.63, 3.8) is 0 Å². The zero-order chi connectivity index (χ0) is 22.9. The Morgan fingerprint density at radius 2 is 1.97 bits per heavy atom. The number of hydrogen-bond acceptors (Lipinski definition) is 7. The van der Waals surface area contributed by atoms with Gasteiger partial charge in [0.2, 0.25) is 5.91 Å². The highest BCUT2D eigenvalue weighted by molar-refractivity contribution is 5.82. The van der Waals surface area contributed by atoms with Crippen LogP contribution in [0.4, 0.5) is 5.69 Å². The number of carbonyl (C=O) groups is 1. The van der Waals surface area contributed by atoms with Crippen molar-refractivity contribution in [3.05, 3.63) is 29.8 Å².